The van der Waals surface area contributed by atoms with Crippen molar-refractivity contribution < 1.29 is 13.0 Å². The summed E-state index contributed by atoms with van der Waals surface area (Å²) in [7, 11) is -1.71. The topological polar surface area (TPSA) is 43.1 Å². The van der Waals surface area contributed by atoms with Crippen molar-refractivity contribution in [2.24, 2.45) is 0 Å². The summed E-state index contributed by atoms with van der Waals surface area (Å²) in [6.07, 6.45) is 0. The molecule has 6 heteroatoms. The highest BCUT2D eigenvalue weighted by molar-refractivity contribution is 7.84. The molecule has 2 aromatic carbocycles. The van der Waals surface area contributed by atoms with Crippen LogP contribution in [0.4, 0.5) is 14.5 Å². The lowest BCUT2D eigenvalue weighted by molar-refractivity contribution is 0.572. The SMILES string of the molecule is Nc1cc(Cl)ccc1CS(=O)c1cc(F)ccc1F. The zero-order chi connectivity index (χ0) is 14.0. The Labute approximate surface area is 116 Å². The van der Waals surface area contributed by atoms with Crippen molar-refractivity contribution in [3.63, 3.8) is 0 Å². The van der Waals surface area contributed by atoms with Crippen LogP contribution in [0.1, 0.15) is 5.56 Å². The highest BCUT2D eigenvalue weighted by atomic mass is 35.5. The molecule has 2 rings (SSSR count). The minimum absolute atomic E-state index is 0.00335. The number of nitrogens with two attached hydrogens (primary N) is 1. The molecule has 0 aromatic heterocycles. The Morgan fingerprint density at radius 3 is 2.58 bits per heavy atom. The Bertz CT molecular complexity index is 649. The lowest BCUT2D eigenvalue weighted by Gasteiger charge is -2.07. The zero-order valence-corrected chi connectivity index (χ0v) is 11.3. The minimum Gasteiger partial charge on any atom is -0.398 e. The maximum atomic E-state index is 13.5. The molecule has 1 unspecified atom stereocenters. The first-order valence-electron chi connectivity index (χ1n) is 5.34. The number of hydrogen-bond acceptors (Lipinski definition) is 2. The van der Waals surface area contributed by atoms with Crippen molar-refractivity contribution in [1.29, 1.82) is 0 Å². The summed E-state index contributed by atoms with van der Waals surface area (Å²) < 4.78 is 38.6. The van der Waals surface area contributed by atoms with Gasteiger partial charge in [-0.05, 0) is 35.9 Å². The van der Waals surface area contributed by atoms with Crippen molar-refractivity contribution in [2.45, 2.75) is 10.6 Å². The molecule has 0 aliphatic heterocycles. The number of nitrogen functional groups attached to an aromatic ring is 1. The van der Waals surface area contributed by atoms with E-state index >= 15 is 0 Å². The normalized spacial score (nSPS) is 12.4. The molecule has 100 valence electrons. The van der Waals surface area contributed by atoms with E-state index in [9.17, 15) is 13.0 Å². The van der Waals surface area contributed by atoms with Crippen molar-refractivity contribution in [1.82, 2.24) is 0 Å². The molecule has 1 atom stereocenters. The third-order valence-corrected chi connectivity index (χ3v) is 4.14. The quantitative estimate of drug-likeness (QED) is 0.882. The van der Waals surface area contributed by atoms with Crippen molar-refractivity contribution in [3.05, 3.63) is 58.6 Å². The third kappa shape index (κ3) is 3.30. The zero-order valence-electron chi connectivity index (χ0n) is 9.70. The Kier molecular flexibility index (Phi) is 4.17. The van der Waals surface area contributed by atoms with E-state index in [1.165, 1.54) is 6.07 Å². The fraction of sp³-hybridized carbons (Fsp3) is 0.0769. The summed E-state index contributed by atoms with van der Waals surface area (Å²) in [6, 6.07) is 7.60. The van der Waals surface area contributed by atoms with Crippen molar-refractivity contribution in [2.75, 3.05) is 5.73 Å². The molecule has 0 saturated heterocycles. The van der Waals surface area contributed by atoms with Gasteiger partial charge in [0.05, 0.1) is 21.4 Å². The van der Waals surface area contributed by atoms with E-state index in [-0.39, 0.29) is 10.6 Å². The van der Waals surface area contributed by atoms with Crippen LogP contribution in [0.2, 0.25) is 5.02 Å². The largest absolute Gasteiger partial charge is 0.398 e. The smallest absolute Gasteiger partial charge is 0.139 e. The molecule has 2 N–H and O–H groups in total. The molecule has 0 heterocycles. The van der Waals surface area contributed by atoms with Crippen LogP contribution in [0.3, 0.4) is 0 Å². The molecular weight excluding hydrogens is 292 g/mol. The molecule has 0 saturated carbocycles. The first-order valence-corrected chi connectivity index (χ1v) is 7.04. The van der Waals surface area contributed by atoms with E-state index in [2.05, 4.69) is 0 Å². The van der Waals surface area contributed by atoms with E-state index in [0.29, 0.717) is 16.3 Å². The van der Waals surface area contributed by atoms with Crippen LogP contribution in [0.15, 0.2) is 41.3 Å². The van der Waals surface area contributed by atoms with Gasteiger partial charge < -0.3 is 5.73 Å². The molecule has 0 aliphatic rings. The summed E-state index contributed by atoms with van der Waals surface area (Å²) in [6.45, 7) is 0. The standard InChI is InChI=1S/C13H10ClF2NOS/c14-9-2-1-8(12(17)5-9)7-19(18)13-6-10(15)3-4-11(13)16/h1-6H,7,17H2. The second-order valence-electron chi connectivity index (χ2n) is 3.91. The Hall–Kier alpha value is -1.46. The monoisotopic (exact) mass is 301 g/mol. The van der Waals surface area contributed by atoms with Crippen LogP contribution in [-0.4, -0.2) is 4.21 Å². The molecule has 0 bridgehead atoms. The van der Waals surface area contributed by atoms with Gasteiger partial charge in [-0.1, -0.05) is 17.7 Å². The van der Waals surface area contributed by atoms with E-state index in [4.69, 9.17) is 17.3 Å². The van der Waals surface area contributed by atoms with Crippen molar-refractivity contribution in [3.8, 4) is 0 Å². The number of rotatable bonds is 3. The molecule has 0 amide bonds. The van der Waals surface area contributed by atoms with Gasteiger partial charge in [0, 0.05) is 10.7 Å². The Morgan fingerprint density at radius 1 is 1.16 bits per heavy atom. The second-order valence-corrected chi connectivity index (χ2v) is 5.76. The van der Waals surface area contributed by atoms with Crippen LogP contribution in [0.5, 0.6) is 0 Å². The van der Waals surface area contributed by atoms with Gasteiger partial charge >= 0.3 is 0 Å². The average Bonchev–Trinajstić information content (AvgIpc) is 2.35. The number of benzene rings is 2. The molecule has 0 spiro atoms. The first-order chi connectivity index (χ1) is 8.97. The minimum atomic E-state index is -1.71. The van der Waals surface area contributed by atoms with Crippen LogP contribution in [-0.2, 0) is 16.6 Å². The molecule has 0 fully saturated rings. The van der Waals surface area contributed by atoms with E-state index in [0.717, 1.165) is 18.2 Å². The predicted octanol–water partition coefficient (Wildman–Crippen LogP) is 3.51. The van der Waals surface area contributed by atoms with E-state index in [1.54, 1.807) is 12.1 Å². The van der Waals surface area contributed by atoms with Crippen LogP contribution in [0.25, 0.3) is 0 Å². The predicted molar refractivity (Wildman–Crippen MR) is 72.3 cm³/mol. The van der Waals surface area contributed by atoms with Gasteiger partial charge in [0.25, 0.3) is 0 Å². The highest BCUT2D eigenvalue weighted by Gasteiger charge is 2.13. The second kappa shape index (κ2) is 5.67. The van der Waals surface area contributed by atoms with Gasteiger partial charge in [0.1, 0.15) is 11.6 Å². The van der Waals surface area contributed by atoms with Crippen LogP contribution in [0, 0.1) is 11.6 Å². The van der Waals surface area contributed by atoms with Gasteiger partial charge in [0.15, 0.2) is 0 Å². The molecule has 2 nitrogen and oxygen atoms in total. The molecule has 0 radical (unpaired) electrons. The van der Waals surface area contributed by atoms with Gasteiger partial charge in [-0.2, -0.15) is 0 Å². The molecule has 19 heavy (non-hydrogen) atoms. The van der Waals surface area contributed by atoms with Gasteiger partial charge in [-0.25, -0.2) is 8.78 Å². The fourth-order valence-corrected chi connectivity index (χ4v) is 2.98. The third-order valence-electron chi connectivity index (χ3n) is 2.53. The molecular formula is C13H10ClF2NOS. The molecule has 2 aromatic rings. The van der Waals surface area contributed by atoms with Gasteiger partial charge in [-0.15, -0.1) is 0 Å². The maximum absolute atomic E-state index is 13.5. The number of halogens is 3. The Morgan fingerprint density at radius 2 is 1.89 bits per heavy atom. The molecule has 0 aliphatic carbocycles. The Balaban J connectivity index is 2.28. The summed E-state index contributed by atoms with van der Waals surface area (Å²) in [5, 5.41) is 0.462. The summed E-state index contributed by atoms with van der Waals surface area (Å²) >= 11 is 5.75. The average molecular weight is 302 g/mol. The fourth-order valence-electron chi connectivity index (χ4n) is 1.57. The highest BCUT2D eigenvalue weighted by Crippen LogP contribution is 2.22. The van der Waals surface area contributed by atoms with Crippen LogP contribution >= 0.6 is 11.6 Å². The van der Waals surface area contributed by atoms with E-state index in [1.807, 2.05) is 0 Å². The van der Waals surface area contributed by atoms with Gasteiger partial charge in [-0.3, -0.25) is 4.21 Å². The first kappa shape index (κ1) is 14.0. The van der Waals surface area contributed by atoms with Crippen LogP contribution < -0.4 is 5.73 Å². The summed E-state index contributed by atoms with van der Waals surface area (Å²) in [4.78, 5) is -0.172. The lowest BCUT2D eigenvalue weighted by Crippen LogP contribution is -2.03. The lowest BCUT2D eigenvalue weighted by atomic mass is 10.2. The van der Waals surface area contributed by atoms with Crippen molar-refractivity contribution >= 4 is 28.1 Å². The number of hydrogen-bond donors (Lipinski definition) is 1. The maximum Gasteiger partial charge on any atom is 0.139 e. The van der Waals surface area contributed by atoms with E-state index < -0.39 is 22.4 Å². The summed E-state index contributed by atoms with van der Waals surface area (Å²) in [5.41, 5.74) is 6.68. The van der Waals surface area contributed by atoms with Gasteiger partial charge in [0.2, 0.25) is 0 Å². The number of anilines is 1. The summed E-state index contributed by atoms with van der Waals surface area (Å²) in [5.74, 6) is -1.33.